The first-order valence-electron chi connectivity index (χ1n) is 5.83. The van der Waals surface area contributed by atoms with E-state index in [1.807, 2.05) is 0 Å². The van der Waals surface area contributed by atoms with Crippen molar-refractivity contribution in [3.05, 3.63) is 33.7 Å². The molecule has 9 heteroatoms. The predicted molar refractivity (Wildman–Crippen MR) is 75.9 cm³/mol. The quantitative estimate of drug-likeness (QED) is 0.778. The number of fused-ring (bicyclic) bond motifs is 1. The third-order valence-corrected chi connectivity index (χ3v) is 3.30. The fourth-order valence-electron chi connectivity index (χ4n) is 1.87. The maximum atomic E-state index is 12.2. The van der Waals surface area contributed by atoms with E-state index in [4.69, 9.17) is 33.4 Å². The molecule has 2 heterocycles. The van der Waals surface area contributed by atoms with Crippen LogP contribution < -0.4 is 5.32 Å². The van der Waals surface area contributed by atoms with Gasteiger partial charge in [-0.25, -0.2) is 9.78 Å². The van der Waals surface area contributed by atoms with Gasteiger partial charge in [-0.05, 0) is 13.0 Å². The van der Waals surface area contributed by atoms with Gasteiger partial charge in [0.1, 0.15) is 5.69 Å². The number of aliphatic carboxylic acids is 1. The van der Waals surface area contributed by atoms with Crippen LogP contribution in [-0.2, 0) is 4.79 Å². The second-order valence-electron chi connectivity index (χ2n) is 4.29. The van der Waals surface area contributed by atoms with Gasteiger partial charge in [-0.1, -0.05) is 23.2 Å². The number of pyridine rings is 1. The van der Waals surface area contributed by atoms with E-state index in [1.54, 1.807) is 6.92 Å². The van der Waals surface area contributed by atoms with Crippen molar-refractivity contribution < 1.29 is 19.8 Å². The molecule has 0 bridgehead atoms. The summed E-state index contributed by atoms with van der Waals surface area (Å²) < 4.78 is 1.38. The lowest BCUT2D eigenvalue weighted by Crippen LogP contribution is -2.43. The molecule has 0 fully saturated rings. The highest BCUT2D eigenvalue weighted by atomic mass is 35.5. The zero-order chi connectivity index (χ0) is 15.7. The molecule has 3 N–H and O–H groups in total. The van der Waals surface area contributed by atoms with Crippen LogP contribution >= 0.6 is 23.2 Å². The molecule has 2 rings (SSSR count). The Labute approximate surface area is 129 Å². The number of halogens is 2. The van der Waals surface area contributed by atoms with Gasteiger partial charge in [-0.2, -0.15) is 0 Å². The van der Waals surface area contributed by atoms with Gasteiger partial charge in [0.05, 0.1) is 22.3 Å². The highest BCUT2D eigenvalue weighted by Gasteiger charge is 2.24. The highest BCUT2D eigenvalue weighted by Crippen LogP contribution is 2.24. The number of imidazole rings is 1. The van der Waals surface area contributed by atoms with Crippen molar-refractivity contribution in [2.24, 2.45) is 0 Å². The Bertz CT molecular complexity index is 729. The van der Waals surface area contributed by atoms with Crippen molar-refractivity contribution in [2.45, 2.75) is 13.0 Å². The van der Waals surface area contributed by atoms with Gasteiger partial charge < -0.3 is 15.5 Å². The van der Waals surface area contributed by atoms with Crippen molar-refractivity contribution in [1.82, 2.24) is 14.7 Å². The van der Waals surface area contributed by atoms with E-state index < -0.39 is 24.5 Å². The van der Waals surface area contributed by atoms with Crippen LogP contribution in [0.15, 0.2) is 12.3 Å². The Balaban J connectivity index is 2.48. The maximum absolute atomic E-state index is 12.2. The number of aliphatic hydroxyl groups is 1. The number of hydrogen-bond donors (Lipinski definition) is 3. The molecule has 0 aliphatic carbocycles. The van der Waals surface area contributed by atoms with Crippen LogP contribution in [0.3, 0.4) is 0 Å². The molecular weight excluding hydrogens is 321 g/mol. The molecule has 0 aromatic carbocycles. The number of carboxylic acid groups (broad SMARTS) is 1. The largest absolute Gasteiger partial charge is 0.480 e. The first-order valence-corrected chi connectivity index (χ1v) is 6.59. The summed E-state index contributed by atoms with van der Waals surface area (Å²) in [5, 5.41) is 20.6. The molecule has 0 aliphatic rings. The Kier molecular flexibility index (Phi) is 4.36. The van der Waals surface area contributed by atoms with Gasteiger partial charge in [0.2, 0.25) is 0 Å². The van der Waals surface area contributed by atoms with Gasteiger partial charge in [-0.3, -0.25) is 9.20 Å². The molecule has 1 atom stereocenters. The maximum Gasteiger partial charge on any atom is 0.328 e. The molecule has 1 amide bonds. The lowest BCUT2D eigenvalue weighted by atomic mass is 10.2. The van der Waals surface area contributed by atoms with Crippen LogP contribution in [-0.4, -0.2) is 44.1 Å². The molecule has 0 spiro atoms. The fraction of sp³-hybridized carbons (Fsp3) is 0.250. The number of aromatic nitrogens is 2. The summed E-state index contributed by atoms with van der Waals surface area (Å²) in [6, 6.07) is 0.0810. The number of aliphatic hydroxyl groups excluding tert-OH is 1. The summed E-state index contributed by atoms with van der Waals surface area (Å²) in [6.07, 6.45) is 1.45. The van der Waals surface area contributed by atoms with Crippen LogP contribution in [0.1, 0.15) is 16.2 Å². The normalized spacial score (nSPS) is 12.4. The summed E-state index contributed by atoms with van der Waals surface area (Å²) in [6.45, 7) is 0.860. The summed E-state index contributed by atoms with van der Waals surface area (Å²) in [7, 11) is 0. The molecule has 0 aliphatic heterocycles. The van der Waals surface area contributed by atoms with Gasteiger partial charge in [0, 0.05) is 6.20 Å². The average Bonchev–Trinajstić information content (AvgIpc) is 2.72. The Morgan fingerprint density at radius 1 is 1.48 bits per heavy atom. The molecular formula is C12H11Cl2N3O4. The van der Waals surface area contributed by atoms with Crippen molar-refractivity contribution >= 4 is 40.7 Å². The number of carbonyl (C=O) groups is 2. The Morgan fingerprint density at radius 3 is 2.71 bits per heavy atom. The first-order chi connectivity index (χ1) is 9.85. The smallest absolute Gasteiger partial charge is 0.328 e. The van der Waals surface area contributed by atoms with Crippen molar-refractivity contribution in [3.8, 4) is 0 Å². The minimum absolute atomic E-state index is 0.106. The molecule has 2 aromatic rings. The summed E-state index contributed by atoms with van der Waals surface area (Å²) in [5.41, 5.74) is 0.799. The van der Waals surface area contributed by atoms with Crippen LogP contribution in [0.4, 0.5) is 0 Å². The number of rotatable bonds is 4. The number of hydrogen-bond acceptors (Lipinski definition) is 4. The van der Waals surface area contributed by atoms with Crippen LogP contribution in [0.25, 0.3) is 5.65 Å². The summed E-state index contributed by atoms with van der Waals surface area (Å²) in [5.74, 6) is -2.03. The fourth-order valence-corrected chi connectivity index (χ4v) is 2.39. The van der Waals surface area contributed by atoms with Gasteiger partial charge >= 0.3 is 5.97 Å². The minimum Gasteiger partial charge on any atom is -0.480 e. The zero-order valence-electron chi connectivity index (χ0n) is 10.8. The SMILES string of the molecule is Cc1nc2c(Cl)cc(Cl)cn2c1C(=O)NC(CO)C(=O)O. The topological polar surface area (TPSA) is 104 Å². The number of carboxylic acids is 1. The van der Waals surface area contributed by atoms with Crippen LogP contribution in [0.5, 0.6) is 0 Å². The molecule has 0 saturated heterocycles. The van der Waals surface area contributed by atoms with E-state index in [0.717, 1.165) is 0 Å². The van der Waals surface area contributed by atoms with Crippen LogP contribution in [0.2, 0.25) is 10.0 Å². The molecule has 0 saturated carbocycles. The lowest BCUT2D eigenvalue weighted by Gasteiger charge is -2.12. The molecule has 1 unspecified atom stereocenters. The Hall–Kier alpha value is -1.83. The van der Waals surface area contributed by atoms with E-state index in [2.05, 4.69) is 10.3 Å². The van der Waals surface area contributed by atoms with Crippen molar-refractivity contribution in [2.75, 3.05) is 6.61 Å². The van der Waals surface area contributed by atoms with Crippen molar-refractivity contribution in [3.63, 3.8) is 0 Å². The highest BCUT2D eigenvalue weighted by molar-refractivity contribution is 6.36. The van der Waals surface area contributed by atoms with E-state index in [-0.39, 0.29) is 10.7 Å². The summed E-state index contributed by atoms with van der Waals surface area (Å²) >= 11 is 11.9. The average molecular weight is 332 g/mol. The lowest BCUT2D eigenvalue weighted by molar-refractivity contribution is -0.140. The molecule has 2 aromatic heterocycles. The number of nitrogens with zero attached hydrogens (tertiary/aromatic N) is 2. The Morgan fingerprint density at radius 2 is 2.14 bits per heavy atom. The van der Waals surface area contributed by atoms with Crippen LogP contribution in [0, 0.1) is 6.92 Å². The monoisotopic (exact) mass is 331 g/mol. The number of carbonyl (C=O) groups excluding carboxylic acids is 1. The standard InChI is InChI=1S/C12H11Cl2N3O4/c1-5-9(11(19)16-8(4-18)12(20)21)17-3-6(13)2-7(14)10(17)15-5/h2-3,8,18H,4H2,1H3,(H,16,19)(H,20,21). The van der Waals surface area contributed by atoms with E-state index in [9.17, 15) is 9.59 Å². The van der Waals surface area contributed by atoms with E-state index in [0.29, 0.717) is 16.4 Å². The molecule has 0 radical (unpaired) electrons. The van der Waals surface area contributed by atoms with E-state index in [1.165, 1.54) is 16.7 Å². The third-order valence-electron chi connectivity index (χ3n) is 2.82. The predicted octanol–water partition coefficient (Wildman–Crippen LogP) is 1.12. The number of aryl methyl sites for hydroxylation is 1. The molecule has 7 nitrogen and oxygen atoms in total. The van der Waals surface area contributed by atoms with Gasteiger partial charge in [0.15, 0.2) is 11.7 Å². The van der Waals surface area contributed by atoms with E-state index >= 15 is 0 Å². The minimum atomic E-state index is -1.41. The third kappa shape index (κ3) is 2.94. The second kappa shape index (κ2) is 5.88. The zero-order valence-corrected chi connectivity index (χ0v) is 12.3. The molecule has 112 valence electrons. The van der Waals surface area contributed by atoms with Gasteiger partial charge in [-0.15, -0.1) is 0 Å². The van der Waals surface area contributed by atoms with Gasteiger partial charge in [0.25, 0.3) is 5.91 Å². The second-order valence-corrected chi connectivity index (χ2v) is 5.14. The van der Waals surface area contributed by atoms with Crippen molar-refractivity contribution in [1.29, 1.82) is 0 Å². The first kappa shape index (κ1) is 15.6. The molecule has 21 heavy (non-hydrogen) atoms. The number of nitrogens with one attached hydrogen (secondary N) is 1. The number of amides is 1. The summed E-state index contributed by atoms with van der Waals surface area (Å²) in [4.78, 5) is 27.2.